The number of nitriles is 1. The minimum atomic E-state index is -3.21. The van der Waals surface area contributed by atoms with Gasteiger partial charge in [0.2, 0.25) is 6.41 Å². The van der Waals surface area contributed by atoms with Crippen molar-refractivity contribution in [3.8, 4) is 6.07 Å². The standard InChI is InChI=1S/C17H19F3N6O3/c18-14-7-12(25(11-27)9-13(28)8-22-17(29)16(19)20)1-2-15(14)24-5-6-26(4-3-21)23-10-24/h1-2,7,10-11,13,16,28H,4-6,8-9H2,(H,22,29)/t13-/m0/s1. The van der Waals surface area contributed by atoms with Crippen LogP contribution in [0.1, 0.15) is 0 Å². The molecule has 2 N–H and O–H groups in total. The van der Waals surface area contributed by atoms with Crippen LogP contribution in [0.5, 0.6) is 0 Å². The molecule has 1 aromatic carbocycles. The van der Waals surface area contributed by atoms with Crippen LogP contribution in [0.2, 0.25) is 0 Å². The minimum absolute atomic E-state index is 0.125. The zero-order valence-corrected chi connectivity index (χ0v) is 15.2. The summed E-state index contributed by atoms with van der Waals surface area (Å²) in [5, 5.41) is 25.9. The van der Waals surface area contributed by atoms with Crippen LogP contribution in [-0.2, 0) is 9.59 Å². The van der Waals surface area contributed by atoms with Gasteiger partial charge >= 0.3 is 6.43 Å². The van der Waals surface area contributed by atoms with Crippen LogP contribution in [0, 0.1) is 17.1 Å². The number of amides is 2. The molecule has 9 nitrogen and oxygen atoms in total. The van der Waals surface area contributed by atoms with E-state index in [1.807, 2.05) is 11.4 Å². The quantitative estimate of drug-likeness (QED) is 0.440. The van der Waals surface area contributed by atoms with Gasteiger partial charge in [0, 0.05) is 18.8 Å². The summed E-state index contributed by atoms with van der Waals surface area (Å²) in [5.41, 5.74) is 0.352. The first-order valence-electron chi connectivity index (χ1n) is 8.53. The molecule has 0 unspecified atom stereocenters. The minimum Gasteiger partial charge on any atom is -0.389 e. The fourth-order valence-corrected chi connectivity index (χ4v) is 2.56. The number of nitrogens with one attached hydrogen (secondary N) is 1. The molecule has 1 heterocycles. The molecule has 1 atom stereocenters. The van der Waals surface area contributed by atoms with Gasteiger partial charge in [-0.05, 0) is 18.2 Å². The maximum atomic E-state index is 14.5. The van der Waals surface area contributed by atoms with Gasteiger partial charge in [0.25, 0.3) is 5.91 Å². The number of alkyl halides is 2. The molecule has 1 aliphatic rings. The van der Waals surface area contributed by atoms with Crippen molar-refractivity contribution >= 4 is 30.0 Å². The van der Waals surface area contributed by atoms with Crippen LogP contribution in [0.4, 0.5) is 24.5 Å². The Morgan fingerprint density at radius 2 is 2.21 bits per heavy atom. The summed E-state index contributed by atoms with van der Waals surface area (Å²) in [7, 11) is 0. The van der Waals surface area contributed by atoms with Gasteiger partial charge < -0.3 is 20.2 Å². The van der Waals surface area contributed by atoms with Gasteiger partial charge in [-0.1, -0.05) is 0 Å². The lowest BCUT2D eigenvalue weighted by Crippen LogP contribution is -2.41. The third kappa shape index (κ3) is 6.08. The molecule has 2 amide bonds. The average Bonchev–Trinajstić information content (AvgIpc) is 2.71. The number of carbonyl (C=O) groups excluding carboxylic acids is 2. The van der Waals surface area contributed by atoms with E-state index in [4.69, 9.17) is 5.26 Å². The van der Waals surface area contributed by atoms with Gasteiger partial charge in [-0.15, -0.1) is 0 Å². The van der Waals surface area contributed by atoms with E-state index in [1.165, 1.54) is 23.5 Å². The van der Waals surface area contributed by atoms with Crippen molar-refractivity contribution in [2.45, 2.75) is 12.5 Å². The highest BCUT2D eigenvalue weighted by molar-refractivity contribution is 5.82. The Hall–Kier alpha value is -3.33. The first kappa shape index (κ1) is 22.0. The lowest BCUT2D eigenvalue weighted by Gasteiger charge is -2.29. The van der Waals surface area contributed by atoms with Crippen LogP contribution >= 0.6 is 0 Å². The number of aliphatic hydroxyl groups is 1. The average molecular weight is 412 g/mol. The number of aliphatic hydroxyl groups excluding tert-OH is 1. The van der Waals surface area contributed by atoms with Gasteiger partial charge in [-0.3, -0.25) is 14.6 Å². The number of rotatable bonds is 9. The van der Waals surface area contributed by atoms with Crippen LogP contribution in [0.25, 0.3) is 0 Å². The molecule has 0 spiro atoms. The molecule has 1 aliphatic heterocycles. The van der Waals surface area contributed by atoms with Gasteiger partial charge in [-0.2, -0.15) is 19.1 Å². The lowest BCUT2D eigenvalue weighted by molar-refractivity contribution is -0.132. The van der Waals surface area contributed by atoms with Crippen molar-refractivity contribution in [3.05, 3.63) is 24.0 Å². The molecule has 12 heteroatoms. The van der Waals surface area contributed by atoms with Crippen LogP contribution in [0.3, 0.4) is 0 Å². The fraction of sp³-hybridized carbons (Fsp3) is 0.412. The normalized spacial score (nSPS) is 14.5. The molecule has 29 heavy (non-hydrogen) atoms. The first-order valence-corrected chi connectivity index (χ1v) is 8.53. The van der Waals surface area contributed by atoms with Gasteiger partial charge in [0.1, 0.15) is 18.7 Å². The van der Waals surface area contributed by atoms with Crippen molar-refractivity contribution in [1.82, 2.24) is 10.3 Å². The topological polar surface area (TPSA) is 112 Å². The van der Waals surface area contributed by atoms with Gasteiger partial charge in [0.05, 0.1) is 31.0 Å². The largest absolute Gasteiger partial charge is 0.389 e. The van der Waals surface area contributed by atoms with Crippen LogP contribution in [0.15, 0.2) is 23.3 Å². The summed E-state index contributed by atoms with van der Waals surface area (Å²) in [4.78, 5) is 24.7. The van der Waals surface area contributed by atoms with Crippen LogP contribution < -0.4 is 15.1 Å². The maximum Gasteiger partial charge on any atom is 0.315 e. The Morgan fingerprint density at radius 3 is 2.76 bits per heavy atom. The number of hydrogen-bond acceptors (Lipinski definition) is 7. The highest BCUT2D eigenvalue weighted by atomic mass is 19.3. The SMILES string of the molecule is N#CCN1CCN(c2ccc(N(C=O)C[C@@H](O)CNC(=O)C(F)F)cc2F)C=N1. The number of benzene rings is 1. The van der Waals surface area contributed by atoms with E-state index in [0.717, 1.165) is 11.0 Å². The van der Waals surface area contributed by atoms with Crippen LogP contribution in [-0.4, -0.2) is 74.0 Å². The van der Waals surface area contributed by atoms with E-state index < -0.39 is 30.8 Å². The second kappa shape index (κ2) is 10.3. The number of halogens is 3. The Morgan fingerprint density at radius 1 is 1.45 bits per heavy atom. The molecular weight excluding hydrogens is 393 g/mol. The summed E-state index contributed by atoms with van der Waals surface area (Å²) in [6, 6.07) is 5.93. The van der Waals surface area contributed by atoms with E-state index in [1.54, 1.807) is 4.90 Å². The second-order valence-electron chi connectivity index (χ2n) is 6.06. The van der Waals surface area contributed by atoms with E-state index in [0.29, 0.717) is 19.5 Å². The fourth-order valence-electron chi connectivity index (χ4n) is 2.56. The number of carbonyl (C=O) groups is 2. The van der Waals surface area contributed by atoms with Gasteiger partial charge in [-0.25, -0.2) is 4.39 Å². The molecule has 2 rings (SSSR count). The third-order valence-corrected chi connectivity index (χ3v) is 4.02. The predicted octanol–water partition coefficient (Wildman–Crippen LogP) is 0.120. The highest BCUT2D eigenvalue weighted by Crippen LogP contribution is 2.25. The van der Waals surface area contributed by atoms with Crippen molar-refractivity contribution in [2.75, 3.05) is 42.5 Å². The lowest BCUT2D eigenvalue weighted by atomic mass is 10.2. The molecule has 156 valence electrons. The van der Waals surface area contributed by atoms with E-state index >= 15 is 0 Å². The van der Waals surface area contributed by atoms with E-state index in [-0.39, 0.29) is 24.5 Å². The number of anilines is 2. The third-order valence-electron chi connectivity index (χ3n) is 4.02. The summed E-state index contributed by atoms with van der Waals surface area (Å²) < 4.78 is 38.8. The predicted molar refractivity (Wildman–Crippen MR) is 97.9 cm³/mol. The molecule has 0 bridgehead atoms. The zero-order valence-electron chi connectivity index (χ0n) is 15.2. The summed E-state index contributed by atoms with van der Waals surface area (Å²) >= 11 is 0. The summed E-state index contributed by atoms with van der Waals surface area (Å²) in [6.45, 7) is 0.140. The second-order valence-corrected chi connectivity index (χ2v) is 6.06. The maximum absolute atomic E-state index is 14.5. The van der Waals surface area contributed by atoms with Crippen molar-refractivity contribution in [3.63, 3.8) is 0 Å². The Balaban J connectivity index is 2.02. The smallest absolute Gasteiger partial charge is 0.315 e. The van der Waals surface area contributed by atoms with E-state index in [9.17, 15) is 27.9 Å². The summed E-state index contributed by atoms with van der Waals surface area (Å²) in [5.74, 6) is -2.18. The molecule has 0 radical (unpaired) electrons. The molecule has 0 aliphatic carbocycles. The number of hydrogen-bond donors (Lipinski definition) is 2. The Bertz CT molecular complexity index is 801. The molecule has 0 fully saturated rings. The Kier molecular flexibility index (Phi) is 7.79. The zero-order chi connectivity index (χ0) is 21.4. The van der Waals surface area contributed by atoms with Gasteiger partial charge in [0.15, 0.2) is 0 Å². The van der Waals surface area contributed by atoms with E-state index in [2.05, 4.69) is 5.10 Å². The molecular formula is C17H19F3N6O3. The molecule has 0 saturated carbocycles. The molecule has 0 aromatic heterocycles. The number of nitrogens with zero attached hydrogens (tertiary/aromatic N) is 5. The van der Waals surface area contributed by atoms with Crippen molar-refractivity contribution < 1.29 is 27.9 Å². The Labute approximate surface area is 164 Å². The first-order chi connectivity index (χ1) is 13.8. The molecule has 0 saturated heterocycles. The monoisotopic (exact) mass is 412 g/mol. The highest BCUT2D eigenvalue weighted by Gasteiger charge is 2.20. The number of hydrazone groups is 1. The van der Waals surface area contributed by atoms with Crippen molar-refractivity contribution in [2.24, 2.45) is 5.10 Å². The molecule has 1 aromatic rings. The van der Waals surface area contributed by atoms with Crippen molar-refractivity contribution in [1.29, 1.82) is 5.26 Å². The summed E-state index contributed by atoms with van der Waals surface area (Å²) in [6.07, 6.45) is -2.79.